The Bertz CT molecular complexity index is 600. The molecule has 1 atom stereocenters. The van der Waals surface area contributed by atoms with Gasteiger partial charge in [-0.25, -0.2) is 0 Å². The van der Waals surface area contributed by atoms with Crippen molar-refractivity contribution in [3.05, 3.63) is 40.7 Å². The van der Waals surface area contributed by atoms with Crippen LogP contribution in [0.2, 0.25) is 0 Å². The number of nitrogens with zero attached hydrogens (tertiary/aromatic N) is 1. The zero-order chi connectivity index (χ0) is 11.1. The van der Waals surface area contributed by atoms with Crippen molar-refractivity contribution in [3.63, 3.8) is 0 Å². The van der Waals surface area contributed by atoms with Crippen LogP contribution in [0.15, 0.2) is 35.3 Å². The monoisotopic (exact) mass is 215 g/mol. The van der Waals surface area contributed by atoms with E-state index in [0.29, 0.717) is 12.6 Å². The zero-order valence-electron chi connectivity index (χ0n) is 9.14. The van der Waals surface area contributed by atoms with Gasteiger partial charge in [0.15, 0.2) is 5.43 Å². The van der Waals surface area contributed by atoms with E-state index in [1.54, 1.807) is 6.07 Å². The molecule has 0 spiro atoms. The second kappa shape index (κ2) is 3.37. The smallest absolute Gasteiger partial charge is 0.189 e. The first kappa shape index (κ1) is 9.46. The maximum atomic E-state index is 11.7. The Morgan fingerprint density at radius 2 is 2.31 bits per heavy atom. The Morgan fingerprint density at radius 1 is 1.44 bits per heavy atom. The van der Waals surface area contributed by atoms with Crippen LogP contribution < -0.4 is 10.2 Å². The lowest BCUT2D eigenvalue weighted by atomic mass is 10.1. The van der Waals surface area contributed by atoms with E-state index in [4.69, 9.17) is 4.74 Å². The van der Waals surface area contributed by atoms with Crippen LogP contribution in [0, 0.1) is 0 Å². The number of pyridine rings is 1. The number of para-hydroxylation sites is 1. The number of rotatable bonds is 1. The van der Waals surface area contributed by atoms with Crippen molar-refractivity contribution in [2.45, 2.75) is 19.4 Å². The van der Waals surface area contributed by atoms with Gasteiger partial charge in [-0.1, -0.05) is 13.0 Å². The van der Waals surface area contributed by atoms with E-state index in [-0.39, 0.29) is 5.43 Å². The van der Waals surface area contributed by atoms with Crippen LogP contribution in [-0.4, -0.2) is 11.2 Å². The van der Waals surface area contributed by atoms with Crippen molar-refractivity contribution in [1.29, 1.82) is 0 Å². The topological polar surface area (TPSA) is 31.2 Å². The van der Waals surface area contributed by atoms with Gasteiger partial charge in [-0.2, -0.15) is 0 Å². The lowest BCUT2D eigenvalue weighted by Crippen LogP contribution is -2.24. The molecule has 2 aromatic rings. The second-order valence-electron chi connectivity index (χ2n) is 4.11. The quantitative estimate of drug-likeness (QED) is 0.731. The molecule has 0 fully saturated rings. The third-order valence-electron chi connectivity index (χ3n) is 3.21. The van der Waals surface area contributed by atoms with Crippen LogP contribution >= 0.6 is 0 Å². The predicted octanol–water partition coefficient (Wildman–Crippen LogP) is 2.35. The summed E-state index contributed by atoms with van der Waals surface area (Å²) < 4.78 is 7.86. The van der Waals surface area contributed by atoms with Crippen LogP contribution in [-0.2, 0) is 0 Å². The fourth-order valence-corrected chi connectivity index (χ4v) is 2.30. The van der Waals surface area contributed by atoms with Gasteiger partial charge in [0.1, 0.15) is 12.4 Å². The minimum Gasteiger partial charge on any atom is -0.489 e. The van der Waals surface area contributed by atoms with Gasteiger partial charge in [0, 0.05) is 17.6 Å². The Morgan fingerprint density at radius 3 is 3.12 bits per heavy atom. The summed E-state index contributed by atoms with van der Waals surface area (Å²) in [4.78, 5) is 11.7. The summed E-state index contributed by atoms with van der Waals surface area (Å²) in [7, 11) is 0. The van der Waals surface area contributed by atoms with E-state index in [0.717, 1.165) is 23.1 Å². The Hall–Kier alpha value is -1.77. The van der Waals surface area contributed by atoms with E-state index >= 15 is 0 Å². The molecule has 1 unspecified atom stereocenters. The molecule has 2 heterocycles. The normalized spacial score (nSPS) is 18.4. The minimum atomic E-state index is 0.0634. The largest absolute Gasteiger partial charge is 0.489 e. The SMILES string of the molecule is CCC1COc2cccc3c(=O)ccn1c23. The number of hydrogen-bond acceptors (Lipinski definition) is 2. The van der Waals surface area contributed by atoms with Gasteiger partial charge in [-0.15, -0.1) is 0 Å². The van der Waals surface area contributed by atoms with Crippen LogP contribution in [0.25, 0.3) is 10.9 Å². The van der Waals surface area contributed by atoms with Crippen LogP contribution in [0.1, 0.15) is 19.4 Å². The molecular formula is C13H13NO2. The molecule has 3 heteroatoms. The first-order valence-electron chi connectivity index (χ1n) is 5.58. The van der Waals surface area contributed by atoms with Crippen LogP contribution in [0.5, 0.6) is 5.75 Å². The summed E-state index contributed by atoms with van der Waals surface area (Å²) in [6.07, 6.45) is 2.89. The van der Waals surface area contributed by atoms with Crippen molar-refractivity contribution in [2.75, 3.05) is 6.61 Å². The highest BCUT2D eigenvalue weighted by molar-refractivity contribution is 5.85. The van der Waals surface area contributed by atoms with Crippen molar-refractivity contribution >= 4 is 10.9 Å². The van der Waals surface area contributed by atoms with Gasteiger partial charge in [0.05, 0.1) is 11.6 Å². The van der Waals surface area contributed by atoms with Crippen LogP contribution in [0.3, 0.4) is 0 Å². The maximum Gasteiger partial charge on any atom is 0.189 e. The average Bonchev–Trinajstić information content (AvgIpc) is 2.34. The summed E-state index contributed by atoms with van der Waals surface area (Å²) in [6, 6.07) is 7.62. The summed E-state index contributed by atoms with van der Waals surface area (Å²) in [6.45, 7) is 2.82. The molecule has 1 aliphatic heterocycles. The molecule has 1 aliphatic rings. The molecule has 3 rings (SSSR count). The fraction of sp³-hybridized carbons (Fsp3) is 0.308. The Kier molecular flexibility index (Phi) is 1.99. The first-order valence-corrected chi connectivity index (χ1v) is 5.58. The molecular weight excluding hydrogens is 202 g/mol. The van der Waals surface area contributed by atoms with Gasteiger partial charge >= 0.3 is 0 Å². The highest BCUT2D eigenvalue weighted by Crippen LogP contribution is 2.31. The number of benzene rings is 1. The van der Waals surface area contributed by atoms with Gasteiger partial charge in [-0.05, 0) is 18.6 Å². The highest BCUT2D eigenvalue weighted by Gasteiger charge is 2.20. The fourth-order valence-electron chi connectivity index (χ4n) is 2.30. The number of ether oxygens (including phenoxy) is 1. The highest BCUT2D eigenvalue weighted by atomic mass is 16.5. The summed E-state index contributed by atoms with van der Waals surface area (Å²) >= 11 is 0. The molecule has 1 aromatic heterocycles. The Labute approximate surface area is 93.3 Å². The summed E-state index contributed by atoms with van der Waals surface area (Å²) in [5.74, 6) is 0.819. The molecule has 0 saturated heterocycles. The lowest BCUT2D eigenvalue weighted by Gasteiger charge is -2.27. The molecule has 0 amide bonds. The van der Waals surface area contributed by atoms with E-state index in [2.05, 4.69) is 11.5 Å². The number of aromatic nitrogens is 1. The minimum absolute atomic E-state index is 0.0634. The molecule has 82 valence electrons. The van der Waals surface area contributed by atoms with Gasteiger partial charge < -0.3 is 9.30 Å². The molecule has 3 nitrogen and oxygen atoms in total. The van der Waals surface area contributed by atoms with E-state index in [9.17, 15) is 4.79 Å². The molecule has 0 saturated carbocycles. The second-order valence-corrected chi connectivity index (χ2v) is 4.11. The molecule has 0 N–H and O–H groups in total. The molecule has 0 aliphatic carbocycles. The molecule has 1 aromatic carbocycles. The average molecular weight is 215 g/mol. The van der Waals surface area contributed by atoms with Crippen molar-refractivity contribution < 1.29 is 4.74 Å². The zero-order valence-corrected chi connectivity index (χ0v) is 9.14. The van der Waals surface area contributed by atoms with Crippen LogP contribution in [0.4, 0.5) is 0 Å². The molecule has 0 radical (unpaired) electrons. The molecule has 16 heavy (non-hydrogen) atoms. The molecule has 0 bridgehead atoms. The third-order valence-corrected chi connectivity index (χ3v) is 3.21. The van der Waals surface area contributed by atoms with Gasteiger partial charge in [0.25, 0.3) is 0 Å². The summed E-state index contributed by atoms with van der Waals surface area (Å²) in [5, 5.41) is 0.748. The lowest BCUT2D eigenvalue weighted by molar-refractivity contribution is 0.232. The Balaban J connectivity index is 2.44. The van der Waals surface area contributed by atoms with Gasteiger partial charge in [-0.3, -0.25) is 4.79 Å². The first-order chi connectivity index (χ1) is 7.81. The number of hydrogen-bond donors (Lipinski definition) is 0. The predicted molar refractivity (Wildman–Crippen MR) is 63.0 cm³/mol. The van der Waals surface area contributed by atoms with Crippen molar-refractivity contribution in [2.24, 2.45) is 0 Å². The van der Waals surface area contributed by atoms with E-state index in [1.165, 1.54) is 0 Å². The standard InChI is InChI=1S/C13H13NO2/c1-2-9-8-16-12-5-3-4-10-11(15)6-7-14(9)13(10)12/h3-7,9H,2,8H2,1H3. The van der Waals surface area contributed by atoms with E-state index < -0.39 is 0 Å². The summed E-state index contributed by atoms with van der Waals surface area (Å²) in [5.41, 5.74) is 1.00. The van der Waals surface area contributed by atoms with Crippen molar-refractivity contribution in [3.8, 4) is 5.75 Å². The van der Waals surface area contributed by atoms with E-state index in [1.807, 2.05) is 24.4 Å². The third kappa shape index (κ3) is 1.18. The van der Waals surface area contributed by atoms with Crippen molar-refractivity contribution in [1.82, 2.24) is 4.57 Å². The maximum absolute atomic E-state index is 11.7. The van der Waals surface area contributed by atoms with Gasteiger partial charge in [0.2, 0.25) is 0 Å².